The lowest BCUT2D eigenvalue weighted by atomic mass is 10.0. The molecule has 4 N–H and O–H groups in total. The normalized spacial score (nSPS) is 14.0. The third-order valence-corrected chi connectivity index (χ3v) is 2.68. The van der Waals surface area contributed by atoms with E-state index >= 15 is 0 Å². The maximum Gasteiger partial charge on any atom is 0.278 e. The molecule has 0 aliphatic carbocycles. The third-order valence-electron chi connectivity index (χ3n) is 1.69. The van der Waals surface area contributed by atoms with Crippen LogP contribution in [-0.4, -0.2) is 36.0 Å². The molecule has 0 heterocycles. The number of amides is 1. The first-order valence-electron chi connectivity index (χ1n) is 3.99. The molecule has 0 aromatic rings. The molecule has 0 saturated carbocycles. The van der Waals surface area contributed by atoms with Crippen LogP contribution >= 0.6 is 11.8 Å². The molecular formula is C7H11N2O5S-. The molecule has 0 spiro atoms. The highest BCUT2D eigenvalue weighted by atomic mass is 32.2. The molecule has 0 aliphatic rings. The Morgan fingerprint density at radius 3 is 2.20 bits per heavy atom. The van der Waals surface area contributed by atoms with Gasteiger partial charge in [-0.1, -0.05) is 11.8 Å². The van der Waals surface area contributed by atoms with E-state index in [1.165, 1.54) is 7.05 Å². The van der Waals surface area contributed by atoms with Gasteiger partial charge >= 0.3 is 0 Å². The summed E-state index contributed by atoms with van der Waals surface area (Å²) in [5, 5.41) is 22.7. The largest absolute Gasteiger partial charge is 0.550 e. The average Bonchev–Trinajstić information content (AvgIpc) is 2.16. The number of aliphatic carboxylic acids is 2. The van der Waals surface area contributed by atoms with Gasteiger partial charge in [0.25, 0.3) is 5.24 Å². The zero-order valence-corrected chi connectivity index (χ0v) is 8.83. The van der Waals surface area contributed by atoms with E-state index in [0.717, 1.165) is 0 Å². The van der Waals surface area contributed by atoms with Crippen molar-refractivity contribution in [1.82, 2.24) is 5.32 Å². The van der Waals surface area contributed by atoms with Crippen LogP contribution in [0.5, 0.6) is 0 Å². The van der Waals surface area contributed by atoms with Crippen LogP contribution in [-0.2, 0) is 9.59 Å². The van der Waals surface area contributed by atoms with Gasteiger partial charge < -0.3 is 30.9 Å². The first-order valence-corrected chi connectivity index (χ1v) is 4.98. The van der Waals surface area contributed by atoms with Crippen molar-refractivity contribution in [2.75, 3.05) is 12.8 Å². The highest BCUT2D eigenvalue weighted by Crippen LogP contribution is 2.10. The molecule has 0 aromatic carbocycles. The molecule has 15 heavy (non-hydrogen) atoms. The summed E-state index contributed by atoms with van der Waals surface area (Å²) in [6, 6.07) is -1.44. The lowest BCUT2D eigenvalue weighted by Gasteiger charge is -2.21. The molecule has 8 heteroatoms. The van der Waals surface area contributed by atoms with Crippen LogP contribution in [0.3, 0.4) is 0 Å². The van der Waals surface area contributed by atoms with Gasteiger partial charge in [-0.15, -0.1) is 0 Å². The smallest absolute Gasteiger partial charge is 0.278 e. The number of thioether (sulfide) groups is 1. The SMILES string of the molecule is CNC(=O)SCC(C(=O)[O-])C([NH3+])C(=O)[O-]. The van der Waals surface area contributed by atoms with E-state index in [2.05, 4.69) is 11.1 Å². The van der Waals surface area contributed by atoms with Crippen LogP contribution in [0.25, 0.3) is 0 Å². The topological polar surface area (TPSA) is 137 Å². The monoisotopic (exact) mass is 235 g/mol. The molecule has 7 nitrogen and oxygen atoms in total. The molecule has 0 saturated heterocycles. The first-order chi connectivity index (χ1) is 6.90. The molecule has 0 rings (SSSR count). The third kappa shape index (κ3) is 4.66. The number of carbonyl (C=O) groups excluding carboxylic acids is 3. The first kappa shape index (κ1) is 13.7. The minimum atomic E-state index is -1.58. The second kappa shape index (κ2) is 6.25. The number of hydrogen-bond donors (Lipinski definition) is 2. The van der Waals surface area contributed by atoms with Crippen molar-refractivity contribution in [2.24, 2.45) is 5.92 Å². The second-order valence-electron chi connectivity index (χ2n) is 2.70. The van der Waals surface area contributed by atoms with E-state index < -0.39 is 29.1 Å². The van der Waals surface area contributed by atoms with Crippen LogP contribution < -0.4 is 21.3 Å². The number of carboxylic acid groups (broad SMARTS) is 2. The highest BCUT2D eigenvalue weighted by Gasteiger charge is 2.24. The van der Waals surface area contributed by atoms with Gasteiger partial charge in [0, 0.05) is 12.8 Å². The van der Waals surface area contributed by atoms with Crippen molar-refractivity contribution in [3.63, 3.8) is 0 Å². The Hall–Kier alpha value is -1.28. The predicted octanol–water partition coefficient (Wildman–Crippen LogP) is -4.21. The Morgan fingerprint density at radius 2 is 1.87 bits per heavy atom. The molecule has 86 valence electrons. The number of nitrogens with one attached hydrogen (secondary N) is 1. The second-order valence-corrected chi connectivity index (χ2v) is 3.69. The van der Waals surface area contributed by atoms with Crippen LogP contribution in [0.2, 0.25) is 0 Å². The van der Waals surface area contributed by atoms with Gasteiger partial charge in [0.1, 0.15) is 6.04 Å². The van der Waals surface area contributed by atoms with Crippen LogP contribution in [0.15, 0.2) is 0 Å². The highest BCUT2D eigenvalue weighted by molar-refractivity contribution is 8.13. The molecular weight excluding hydrogens is 224 g/mol. The van der Waals surface area contributed by atoms with Gasteiger partial charge in [0.05, 0.1) is 17.9 Å². The maximum atomic E-state index is 10.8. The van der Waals surface area contributed by atoms with Crippen LogP contribution in [0.1, 0.15) is 0 Å². The molecule has 0 aromatic heterocycles. The van der Waals surface area contributed by atoms with Gasteiger partial charge in [-0.2, -0.15) is 0 Å². The summed E-state index contributed by atoms with van der Waals surface area (Å²) in [4.78, 5) is 31.7. The number of carboxylic acids is 2. The molecule has 1 amide bonds. The summed E-state index contributed by atoms with van der Waals surface area (Å²) in [5.74, 6) is -4.71. The summed E-state index contributed by atoms with van der Waals surface area (Å²) in [6.07, 6.45) is 0. The van der Waals surface area contributed by atoms with E-state index in [4.69, 9.17) is 0 Å². The molecule has 0 aliphatic heterocycles. The van der Waals surface area contributed by atoms with Crippen molar-refractivity contribution in [3.8, 4) is 0 Å². The summed E-state index contributed by atoms with van der Waals surface area (Å²) in [6.45, 7) is 0. The van der Waals surface area contributed by atoms with Crippen molar-refractivity contribution in [2.45, 2.75) is 6.04 Å². The Labute approximate surface area is 90.0 Å². The molecule has 2 unspecified atom stereocenters. The summed E-state index contributed by atoms with van der Waals surface area (Å²) >= 11 is 0.657. The van der Waals surface area contributed by atoms with E-state index in [1.807, 2.05) is 0 Å². The molecule has 0 bridgehead atoms. The zero-order chi connectivity index (χ0) is 12.0. The number of rotatable bonds is 5. The van der Waals surface area contributed by atoms with Gasteiger partial charge in [-0.05, 0) is 0 Å². The molecule has 0 radical (unpaired) electrons. The Morgan fingerprint density at radius 1 is 1.33 bits per heavy atom. The lowest BCUT2D eigenvalue weighted by Crippen LogP contribution is -2.73. The van der Waals surface area contributed by atoms with E-state index in [9.17, 15) is 24.6 Å². The minimum absolute atomic E-state index is 0.218. The standard InChI is InChI=1S/C7H12N2O5S/c1-9-7(14)15-2-3(5(10)11)4(8)6(12)13/h3-4H,2,8H2,1H3,(H,9,14)(H,10,11)(H,12,13)/p-1. The van der Waals surface area contributed by atoms with Crippen LogP contribution in [0, 0.1) is 5.92 Å². The Kier molecular flexibility index (Phi) is 5.72. The summed E-state index contributed by atoms with van der Waals surface area (Å²) in [7, 11) is 1.38. The fraction of sp³-hybridized carbons (Fsp3) is 0.571. The maximum absolute atomic E-state index is 10.8. The van der Waals surface area contributed by atoms with Gasteiger partial charge in [-0.25, -0.2) is 0 Å². The van der Waals surface area contributed by atoms with Gasteiger partial charge in [0.15, 0.2) is 0 Å². The van der Waals surface area contributed by atoms with Gasteiger partial charge in [-0.3, -0.25) is 4.79 Å². The van der Waals surface area contributed by atoms with E-state index in [0.29, 0.717) is 11.8 Å². The lowest BCUT2D eigenvalue weighted by molar-refractivity contribution is -0.449. The Balaban J connectivity index is 4.35. The van der Waals surface area contributed by atoms with E-state index in [-0.39, 0.29) is 5.75 Å². The quantitative estimate of drug-likeness (QED) is 0.495. The molecule has 0 fully saturated rings. The minimum Gasteiger partial charge on any atom is -0.550 e. The van der Waals surface area contributed by atoms with Crippen molar-refractivity contribution >= 4 is 28.9 Å². The Bertz CT molecular complexity index is 270. The van der Waals surface area contributed by atoms with Crippen molar-refractivity contribution in [1.29, 1.82) is 0 Å². The fourth-order valence-corrected chi connectivity index (χ4v) is 1.59. The number of hydrogen-bond acceptors (Lipinski definition) is 6. The van der Waals surface area contributed by atoms with Crippen LogP contribution in [0.4, 0.5) is 4.79 Å². The summed E-state index contributed by atoms with van der Waals surface area (Å²) in [5.41, 5.74) is 3.13. The van der Waals surface area contributed by atoms with E-state index in [1.54, 1.807) is 0 Å². The summed E-state index contributed by atoms with van der Waals surface area (Å²) < 4.78 is 0. The predicted molar refractivity (Wildman–Crippen MR) is 47.1 cm³/mol. The number of carbonyl (C=O) groups is 3. The van der Waals surface area contributed by atoms with Crippen molar-refractivity contribution < 1.29 is 30.3 Å². The van der Waals surface area contributed by atoms with Gasteiger partial charge in [0.2, 0.25) is 0 Å². The average molecular weight is 235 g/mol. The zero-order valence-electron chi connectivity index (χ0n) is 8.02. The fourth-order valence-electron chi connectivity index (χ4n) is 0.750. The number of quaternary nitrogens is 1. The molecule has 2 atom stereocenters. The van der Waals surface area contributed by atoms with Crippen molar-refractivity contribution in [3.05, 3.63) is 0 Å².